The number of para-hydroxylation sites is 1. The Balaban J connectivity index is 1.65. The van der Waals surface area contributed by atoms with E-state index in [1.807, 2.05) is 0 Å². The molecule has 1 aromatic heterocycles. The Labute approximate surface area is 154 Å². The van der Waals surface area contributed by atoms with Crippen LogP contribution >= 0.6 is 11.6 Å². The number of benzene rings is 2. The zero-order valence-electron chi connectivity index (χ0n) is 13.9. The molecule has 3 rings (SSSR count). The van der Waals surface area contributed by atoms with Crippen LogP contribution in [0.3, 0.4) is 0 Å². The summed E-state index contributed by atoms with van der Waals surface area (Å²) in [7, 11) is 1.47. The van der Waals surface area contributed by atoms with Gasteiger partial charge in [0.15, 0.2) is 6.61 Å². The molecule has 26 heavy (non-hydrogen) atoms. The number of Topliss-reactive ketones (excluding diaryl/α,β-unsaturated/α-hetero) is 1. The van der Waals surface area contributed by atoms with Gasteiger partial charge in [0, 0.05) is 10.6 Å². The Bertz CT molecular complexity index is 935. The standard InChI is InChI=1S/C19H15ClN2O4/c1-25-18-5-3-2-4-14(18)17(23)11-26-19(24)16-10-15(21-22-16)12-6-8-13(20)9-7-12/h2-10H,11H2,1H3,(H,21,22). The van der Waals surface area contributed by atoms with Gasteiger partial charge in [-0.2, -0.15) is 5.10 Å². The SMILES string of the molecule is COc1ccccc1C(=O)COC(=O)c1cc(-c2ccc(Cl)cc2)n[nH]1. The molecule has 0 saturated heterocycles. The van der Waals surface area contributed by atoms with E-state index in [4.69, 9.17) is 21.1 Å². The van der Waals surface area contributed by atoms with Crippen molar-refractivity contribution < 1.29 is 19.1 Å². The molecule has 0 aliphatic rings. The van der Waals surface area contributed by atoms with Crippen LogP contribution < -0.4 is 4.74 Å². The largest absolute Gasteiger partial charge is 0.496 e. The molecule has 132 valence electrons. The molecule has 0 fully saturated rings. The lowest BCUT2D eigenvalue weighted by molar-refractivity contribution is 0.0468. The summed E-state index contributed by atoms with van der Waals surface area (Å²) in [5, 5.41) is 7.30. The molecule has 3 aromatic rings. The average Bonchev–Trinajstić information content (AvgIpc) is 3.16. The number of hydrogen-bond acceptors (Lipinski definition) is 5. The number of carbonyl (C=O) groups is 2. The van der Waals surface area contributed by atoms with Crippen molar-refractivity contribution in [3.63, 3.8) is 0 Å². The van der Waals surface area contributed by atoms with Crippen LogP contribution in [0.15, 0.2) is 54.6 Å². The van der Waals surface area contributed by atoms with Crippen molar-refractivity contribution in [1.29, 1.82) is 0 Å². The van der Waals surface area contributed by atoms with Crippen LogP contribution in [0.1, 0.15) is 20.8 Å². The average molecular weight is 371 g/mol. The number of hydrogen-bond donors (Lipinski definition) is 1. The molecule has 0 atom stereocenters. The van der Waals surface area contributed by atoms with E-state index in [2.05, 4.69) is 10.2 Å². The van der Waals surface area contributed by atoms with Gasteiger partial charge < -0.3 is 9.47 Å². The lowest BCUT2D eigenvalue weighted by Gasteiger charge is -2.07. The number of aromatic nitrogens is 2. The first-order valence-corrected chi connectivity index (χ1v) is 8.11. The van der Waals surface area contributed by atoms with Crippen LogP contribution in [-0.4, -0.2) is 35.7 Å². The minimum absolute atomic E-state index is 0.155. The molecule has 1 N–H and O–H groups in total. The summed E-state index contributed by atoms with van der Waals surface area (Å²) in [4.78, 5) is 24.4. The molecule has 7 heteroatoms. The van der Waals surface area contributed by atoms with Gasteiger partial charge in [-0.25, -0.2) is 4.79 Å². The maximum atomic E-state index is 12.2. The second-order valence-corrected chi connectivity index (χ2v) is 5.81. The topological polar surface area (TPSA) is 81.3 Å². The Kier molecular flexibility index (Phi) is 5.34. The summed E-state index contributed by atoms with van der Waals surface area (Å²) in [5.74, 6) is -0.589. The molecule has 1 heterocycles. The molecule has 0 bridgehead atoms. The van der Waals surface area contributed by atoms with Crippen molar-refractivity contribution in [1.82, 2.24) is 10.2 Å². The highest BCUT2D eigenvalue weighted by Crippen LogP contribution is 2.21. The van der Waals surface area contributed by atoms with Gasteiger partial charge in [0.25, 0.3) is 0 Å². The highest BCUT2D eigenvalue weighted by Gasteiger charge is 2.17. The number of aromatic amines is 1. The molecule has 0 amide bonds. The minimum Gasteiger partial charge on any atom is -0.496 e. The lowest BCUT2D eigenvalue weighted by atomic mass is 10.1. The van der Waals surface area contributed by atoms with Gasteiger partial charge in [0.05, 0.1) is 18.4 Å². The first-order chi connectivity index (χ1) is 12.6. The minimum atomic E-state index is -0.666. The van der Waals surface area contributed by atoms with Crippen LogP contribution in [0.2, 0.25) is 5.02 Å². The maximum Gasteiger partial charge on any atom is 0.356 e. The van der Waals surface area contributed by atoms with Crippen molar-refractivity contribution in [3.8, 4) is 17.0 Å². The van der Waals surface area contributed by atoms with Crippen molar-refractivity contribution in [2.75, 3.05) is 13.7 Å². The summed E-state index contributed by atoms with van der Waals surface area (Å²) in [6, 6.07) is 15.4. The zero-order chi connectivity index (χ0) is 18.5. The summed E-state index contributed by atoms with van der Waals surface area (Å²) in [6.07, 6.45) is 0. The summed E-state index contributed by atoms with van der Waals surface area (Å²) in [5.41, 5.74) is 1.89. The fraction of sp³-hybridized carbons (Fsp3) is 0.105. The van der Waals surface area contributed by atoms with Gasteiger partial charge >= 0.3 is 5.97 Å². The van der Waals surface area contributed by atoms with Crippen molar-refractivity contribution >= 4 is 23.4 Å². The molecule has 0 unspecified atom stereocenters. The van der Waals surface area contributed by atoms with Gasteiger partial charge in [-0.1, -0.05) is 35.9 Å². The van der Waals surface area contributed by atoms with E-state index >= 15 is 0 Å². The number of halogens is 1. The van der Waals surface area contributed by atoms with E-state index in [0.29, 0.717) is 22.0 Å². The highest BCUT2D eigenvalue weighted by atomic mass is 35.5. The van der Waals surface area contributed by atoms with Crippen LogP contribution in [0.5, 0.6) is 5.75 Å². The smallest absolute Gasteiger partial charge is 0.356 e. The van der Waals surface area contributed by atoms with Crippen LogP contribution in [-0.2, 0) is 4.74 Å². The van der Waals surface area contributed by atoms with E-state index in [-0.39, 0.29) is 11.5 Å². The number of methoxy groups -OCH3 is 1. The number of nitrogens with zero attached hydrogens (tertiary/aromatic N) is 1. The first kappa shape index (κ1) is 17.7. The number of nitrogens with one attached hydrogen (secondary N) is 1. The zero-order valence-corrected chi connectivity index (χ0v) is 14.6. The Morgan fingerprint density at radius 2 is 1.85 bits per heavy atom. The number of ether oxygens (including phenoxy) is 2. The van der Waals surface area contributed by atoms with E-state index < -0.39 is 12.6 Å². The fourth-order valence-corrected chi connectivity index (χ4v) is 2.48. The van der Waals surface area contributed by atoms with Crippen molar-refractivity contribution in [2.45, 2.75) is 0 Å². The van der Waals surface area contributed by atoms with Gasteiger partial charge in [-0.05, 0) is 30.3 Å². The van der Waals surface area contributed by atoms with Gasteiger partial charge in [0.1, 0.15) is 11.4 Å². The summed E-state index contributed by atoms with van der Waals surface area (Å²) < 4.78 is 10.2. The maximum absolute atomic E-state index is 12.2. The second kappa shape index (κ2) is 7.84. The molecule has 6 nitrogen and oxygen atoms in total. The molecule has 0 saturated carbocycles. The normalized spacial score (nSPS) is 10.4. The van der Waals surface area contributed by atoms with Crippen LogP contribution in [0.25, 0.3) is 11.3 Å². The Morgan fingerprint density at radius 1 is 1.12 bits per heavy atom. The Hall–Kier alpha value is -3.12. The number of esters is 1. The third kappa shape index (κ3) is 3.92. The molecule has 2 aromatic carbocycles. The highest BCUT2D eigenvalue weighted by molar-refractivity contribution is 6.30. The molecule has 0 radical (unpaired) electrons. The lowest BCUT2D eigenvalue weighted by Crippen LogP contribution is -2.15. The molecule has 0 aliphatic heterocycles. The molecule has 0 spiro atoms. The van der Waals surface area contributed by atoms with Crippen molar-refractivity contribution in [2.24, 2.45) is 0 Å². The molecular weight excluding hydrogens is 356 g/mol. The number of carbonyl (C=O) groups excluding carboxylic acids is 2. The van der Waals surface area contributed by atoms with Gasteiger partial charge in [0.2, 0.25) is 5.78 Å². The fourth-order valence-electron chi connectivity index (χ4n) is 2.36. The number of rotatable bonds is 6. The quantitative estimate of drug-likeness (QED) is 0.527. The molecule has 0 aliphatic carbocycles. The summed E-state index contributed by atoms with van der Waals surface area (Å²) >= 11 is 5.85. The molecular formula is C19H15ClN2O4. The third-order valence-electron chi connectivity index (χ3n) is 3.68. The van der Waals surface area contributed by atoms with Crippen LogP contribution in [0, 0.1) is 0 Å². The predicted octanol–water partition coefficient (Wildman–Crippen LogP) is 3.78. The van der Waals surface area contributed by atoms with Gasteiger partial charge in [-0.3, -0.25) is 9.89 Å². The summed E-state index contributed by atoms with van der Waals surface area (Å²) in [6.45, 7) is -0.394. The van der Waals surface area contributed by atoms with E-state index in [0.717, 1.165) is 5.56 Å². The van der Waals surface area contributed by atoms with E-state index in [9.17, 15) is 9.59 Å². The predicted molar refractivity (Wildman–Crippen MR) is 96.6 cm³/mol. The monoisotopic (exact) mass is 370 g/mol. The van der Waals surface area contributed by atoms with E-state index in [1.165, 1.54) is 7.11 Å². The Morgan fingerprint density at radius 3 is 2.58 bits per heavy atom. The first-order valence-electron chi connectivity index (χ1n) is 7.73. The number of ketones is 1. The number of H-pyrrole nitrogens is 1. The van der Waals surface area contributed by atoms with E-state index in [1.54, 1.807) is 54.6 Å². The van der Waals surface area contributed by atoms with Crippen molar-refractivity contribution in [3.05, 3.63) is 70.9 Å². The van der Waals surface area contributed by atoms with Gasteiger partial charge in [-0.15, -0.1) is 0 Å². The van der Waals surface area contributed by atoms with Crippen LogP contribution in [0.4, 0.5) is 0 Å². The second-order valence-electron chi connectivity index (χ2n) is 5.37. The third-order valence-corrected chi connectivity index (χ3v) is 3.93.